The van der Waals surface area contributed by atoms with Crippen molar-refractivity contribution >= 4 is 23.1 Å². The summed E-state index contributed by atoms with van der Waals surface area (Å²) in [5.41, 5.74) is 1.36. The molecule has 0 aliphatic heterocycles. The Morgan fingerprint density at radius 1 is 1.29 bits per heavy atom. The molecule has 0 unspecified atom stereocenters. The van der Waals surface area contributed by atoms with Crippen LogP contribution in [-0.2, 0) is 6.42 Å². The molecule has 0 N–H and O–H groups in total. The quantitative estimate of drug-likeness (QED) is 0.421. The van der Waals surface area contributed by atoms with Gasteiger partial charge in [0.05, 0.1) is 4.92 Å². The Balaban J connectivity index is 2.02. The Morgan fingerprint density at radius 3 is 2.86 bits per heavy atom. The van der Waals surface area contributed by atoms with Gasteiger partial charge in [0.2, 0.25) is 5.65 Å². The van der Waals surface area contributed by atoms with E-state index in [1.165, 1.54) is 10.6 Å². The zero-order valence-electron chi connectivity index (χ0n) is 11.3. The number of hydrogen-bond donors (Lipinski definition) is 0. The predicted octanol–water partition coefficient (Wildman–Crippen LogP) is 2.95. The van der Waals surface area contributed by atoms with Gasteiger partial charge in [-0.25, -0.2) is 9.50 Å². The zero-order chi connectivity index (χ0) is 14.8. The van der Waals surface area contributed by atoms with Gasteiger partial charge in [0.1, 0.15) is 0 Å². The first-order chi connectivity index (χ1) is 10.2. The fraction of sp³-hybridized carbons (Fsp3) is 0.143. The van der Waals surface area contributed by atoms with Crippen LogP contribution in [0.4, 0.5) is 5.69 Å². The molecule has 0 fully saturated rings. The summed E-state index contributed by atoms with van der Waals surface area (Å²) in [6.07, 6.45) is 4.23. The third kappa shape index (κ3) is 2.59. The highest BCUT2D eigenvalue weighted by atomic mass is 32.2. The number of nitro groups is 1. The molecule has 21 heavy (non-hydrogen) atoms. The number of benzene rings is 1. The Kier molecular flexibility index (Phi) is 3.57. The molecule has 106 valence electrons. The standard InChI is InChI=1S/C14H12N4O2S/c1-21-12-7-3-2-5-10(12)9-13-15-14-11(18(19)20)6-4-8-17(14)16-13/h2-8H,9H2,1H3. The molecule has 0 atom stereocenters. The average Bonchev–Trinajstić information content (AvgIpc) is 2.89. The van der Waals surface area contributed by atoms with Gasteiger partial charge in [-0.2, -0.15) is 5.10 Å². The number of fused-ring (bicyclic) bond motifs is 1. The van der Waals surface area contributed by atoms with Gasteiger partial charge < -0.3 is 0 Å². The summed E-state index contributed by atoms with van der Waals surface area (Å²) in [4.78, 5) is 16.0. The molecule has 0 radical (unpaired) electrons. The number of hydrogen-bond acceptors (Lipinski definition) is 5. The highest BCUT2D eigenvalue weighted by Crippen LogP contribution is 2.23. The van der Waals surface area contributed by atoms with Crippen molar-refractivity contribution in [2.24, 2.45) is 0 Å². The second-order valence-corrected chi connectivity index (χ2v) is 5.28. The number of nitrogens with zero attached hydrogens (tertiary/aromatic N) is 4. The molecule has 7 heteroatoms. The molecule has 0 saturated heterocycles. The minimum absolute atomic E-state index is 0.0330. The lowest BCUT2D eigenvalue weighted by Gasteiger charge is -2.03. The van der Waals surface area contributed by atoms with Crippen LogP contribution >= 0.6 is 11.8 Å². The summed E-state index contributed by atoms with van der Waals surface area (Å²) < 4.78 is 1.45. The van der Waals surface area contributed by atoms with Crippen molar-refractivity contribution in [2.75, 3.05) is 6.26 Å². The average molecular weight is 300 g/mol. The van der Waals surface area contributed by atoms with Gasteiger partial charge in [-0.05, 0) is 24.0 Å². The van der Waals surface area contributed by atoms with Crippen LogP contribution in [0.5, 0.6) is 0 Å². The van der Waals surface area contributed by atoms with E-state index in [9.17, 15) is 10.1 Å². The molecule has 0 aliphatic carbocycles. The summed E-state index contributed by atoms with van der Waals surface area (Å²) in [6, 6.07) is 11.0. The molecular weight excluding hydrogens is 288 g/mol. The molecule has 0 spiro atoms. The molecule has 2 heterocycles. The smallest absolute Gasteiger partial charge is 0.258 e. The maximum Gasteiger partial charge on any atom is 0.313 e. The van der Waals surface area contributed by atoms with Crippen LogP contribution in [-0.4, -0.2) is 25.8 Å². The Morgan fingerprint density at radius 2 is 2.10 bits per heavy atom. The van der Waals surface area contributed by atoms with Crippen LogP contribution in [0.25, 0.3) is 5.65 Å². The highest BCUT2D eigenvalue weighted by molar-refractivity contribution is 7.98. The van der Waals surface area contributed by atoms with E-state index >= 15 is 0 Å². The summed E-state index contributed by atoms with van der Waals surface area (Å²) in [6.45, 7) is 0. The van der Waals surface area contributed by atoms with Crippen molar-refractivity contribution in [1.82, 2.24) is 14.6 Å². The molecule has 6 nitrogen and oxygen atoms in total. The Labute approximate surface area is 125 Å². The molecule has 0 bridgehead atoms. The van der Waals surface area contributed by atoms with Crippen LogP contribution in [0.3, 0.4) is 0 Å². The number of thioether (sulfide) groups is 1. The topological polar surface area (TPSA) is 73.3 Å². The minimum Gasteiger partial charge on any atom is -0.258 e. The molecule has 1 aromatic carbocycles. The Bertz CT molecular complexity index is 816. The third-order valence-electron chi connectivity index (χ3n) is 3.12. The second kappa shape index (κ2) is 5.53. The lowest BCUT2D eigenvalue weighted by Crippen LogP contribution is -1.94. The fourth-order valence-corrected chi connectivity index (χ4v) is 2.79. The van der Waals surface area contributed by atoms with Crippen LogP contribution in [0.15, 0.2) is 47.5 Å². The molecule has 3 aromatic rings. The van der Waals surface area contributed by atoms with E-state index in [2.05, 4.69) is 10.1 Å². The molecule has 3 rings (SSSR count). The number of rotatable bonds is 4. The zero-order valence-corrected chi connectivity index (χ0v) is 12.1. The first-order valence-corrected chi connectivity index (χ1v) is 7.52. The second-order valence-electron chi connectivity index (χ2n) is 4.44. The molecular formula is C14H12N4O2S. The molecule has 2 aromatic heterocycles. The van der Waals surface area contributed by atoms with Crippen LogP contribution in [0.1, 0.15) is 11.4 Å². The van der Waals surface area contributed by atoms with Crippen molar-refractivity contribution < 1.29 is 4.92 Å². The maximum atomic E-state index is 11.0. The SMILES string of the molecule is CSc1ccccc1Cc1nc2c([N+](=O)[O-])cccn2n1. The van der Waals surface area contributed by atoms with Gasteiger partial charge in [0.25, 0.3) is 0 Å². The summed E-state index contributed by atoms with van der Waals surface area (Å²) in [5.74, 6) is 0.575. The monoisotopic (exact) mass is 300 g/mol. The van der Waals surface area contributed by atoms with E-state index in [0.717, 1.165) is 10.5 Å². The van der Waals surface area contributed by atoms with E-state index in [1.54, 1.807) is 24.0 Å². The first-order valence-electron chi connectivity index (χ1n) is 6.29. The van der Waals surface area contributed by atoms with Crippen LogP contribution in [0, 0.1) is 10.1 Å². The molecule has 0 aliphatic rings. The van der Waals surface area contributed by atoms with E-state index in [4.69, 9.17) is 0 Å². The minimum atomic E-state index is -0.441. The third-order valence-corrected chi connectivity index (χ3v) is 3.96. The largest absolute Gasteiger partial charge is 0.313 e. The van der Waals surface area contributed by atoms with Crippen LogP contribution < -0.4 is 0 Å². The summed E-state index contributed by atoms with van der Waals surface area (Å²) >= 11 is 1.66. The van der Waals surface area contributed by atoms with Crippen LogP contribution in [0.2, 0.25) is 0 Å². The van der Waals surface area contributed by atoms with Gasteiger partial charge >= 0.3 is 5.69 Å². The van der Waals surface area contributed by atoms with Gasteiger partial charge in [-0.3, -0.25) is 10.1 Å². The van der Waals surface area contributed by atoms with E-state index in [-0.39, 0.29) is 11.3 Å². The number of pyridine rings is 1. The predicted molar refractivity (Wildman–Crippen MR) is 80.7 cm³/mol. The fourth-order valence-electron chi connectivity index (χ4n) is 2.17. The van der Waals surface area contributed by atoms with Gasteiger partial charge in [0.15, 0.2) is 5.82 Å². The van der Waals surface area contributed by atoms with E-state index in [1.807, 2.05) is 30.5 Å². The van der Waals surface area contributed by atoms with Gasteiger partial charge in [0, 0.05) is 23.6 Å². The highest BCUT2D eigenvalue weighted by Gasteiger charge is 2.16. The maximum absolute atomic E-state index is 11.0. The lowest BCUT2D eigenvalue weighted by molar-refractivity contribution is -0.383. The lowest BCUT2D eigenvalue weighted by atomic mass is 10.1. The summed E-state index contributed by atoms with van der Waals surface area (Å²) in [5, 5.41) is 15.3. The van der Waals surface area contributed by atoms with Gasteiger partial charge in [-0.15, -0.1) is 11.8 Å². The number of aromatic nitrogens is 3. The van der Waals surface area contributed by atoms with E-state index < -0.39 is 4.92 Å². The van der Waals surface area contributed by atoms with Crippen molar-refractivity contribution in [1.29, 1.82) is 0 Å². The van der Waals surface area contributed by atoms with Crippen molar-refractivity contribution in [3.8, 4) is 0 Å². The van der Waals surface area contributed by atoms with Crippen molar-refractivity contribution in [2.45, 2.75) is 11.3 Å². The first kappa shape index (κ1) is 13.6. The summed E-state index contributed by atoms with van der Waals surface area (Å²) in [7, 11) is 0. The van der Waals surface area contributed by atoms with Crippen molar-refractivity contribution in [3.63, 3.8) is 0 Å². The van der Waals surface area contributed by atoms with E-state index in [0.29, 0.717) is 12.2 Å². The van der Waals surface area contributed by atoms with Gasteiger partial charge in [-0.1, -0.05) is 18.2 Å². The Hall–Kier alpha value is -2.41. The van der Waals surface area contributed by atoms with Crippen molar-refractivity contribution in [3.05, 3.63) is 64.1 Å². The molecule has 0 amide bonds. The normalized spacial score (nSPS) is 10.9. The molecule has 0 saturated carbocycles.